The molecule has 8 heteroatoms. The van der Waals surface area contributed by atoms with E-state index in [9.17, 15) is 0 Å². The van der Waals surface area contributed by atoms with Gasteiger partial charge in [0.05, 0.1) is 21.3 Å². The fraction of sp³-hybridized carbons (Fsp3) is 0.381. The molecule has 0 spiro atoms. The van der Waals surface area contributed by atoms with Gasteiger partial charge in [-0.25, -0.2) is 0 Å². The zero-order valence-electron chi connectivity index (χ0n) is 17.3. The summed E-state index contributed by atoms with van der Waals surface area (Å²) in [5.74, 6) is 2.68. The molecule has 0 fully saturated rings. The largest absolute Gasteiger partial charge is 0.493 e. The van der Waals surface area contributed by atoms with E-state index in [1.807, 2.05) is 36.4 Å². The molecule has 2 aromatic rings. The summed E-state index contributed by atoms with van der Waals surface area (Å²) in [4.78, 5) is 4.26. The third-order valence-corrected chi connectivity index (χ3v) is 4.71. The minimum absolute atomic E-state index is 0. The molecule has 0 radical (unpaired) electrons. The van der Waals surface area contributed by atoms with Crippen LogP contribution in [0.2, 0.25) is 5.02 Å². The van der Waals surface area contributed by atoms with Crippen molar-refractivity contribution in [3.8, 4) is 17.2 Å². The SMILES string of the molecule is CN=C(NCCc1ccccc1Cl)NCCc1ccc(OC)c(OC)c1OC.I. The lowest BCUT2D eigenvalue weighted by Gasteiger charge is -2.16. The molecule has 160 valence electrons. The first-order chi connectivity index (χ1) is 13.6. The molecule has 0 aliphatic rings. The first kappa shape index (κ1) is 25.2. The van der Waals surface area contributed by atoms with Crippen molar-refractivity contribution >= 4 is 41.5 Å². The predicted octanol–water partition coefficient (Wildman–Crippen LogP) is 3.93. The highest BCUT2D eigenvalue weighted by Gasteiger charge is 2.15. The van der Waals surface area contributed by atoms with Gasteiger partial charge in [-0.1, -0.05) is 35.9 Å². The summed E-state index contributed by atoms with van der Waals surface area (Å²) in [6.07, 6.45) is 1.57. The van der Waals surface area contributed by atoms with Crippen molar-refractivity contribution in [2.24, 2.45) is 4.99 Å². The normalized spacial score (nSPS) is 10.7. The van der Waals surface area contributed by atoms with E-state index in [1.54, 1.807) is 28.4 Å². The van der Waals surface area contributed by atoms with Crippen LogP contribution in [0.1, 0.15) is 11.1 Å². The summed E-state index contributed by atoms with van der Waals surface area (Å²) < 4.78 is 16.3. The van der Waals surface area contributed by atoms with E-state index in [0.29, 0.717) is 23.8 Å². The Bertz CT molecular complexity index is 803. The molecular weight excluding hydrogens is 505 g/mol. The van der Waals surface area contributed by atoms with Crippen LogP contribution in [-0.4, -0.2) is 47.4 Å². The van der Waals surface area contributed by atoms with Gasteiger partial charge in [0.1, 0.15) is 0 Å². The van der Waals surface area contributed by atoms with E-state index >= 15 is 0 Å². The Balaban J connectivity index is 0.00000420. The van der Waals surface area contributed by atoms with Crippen LogP contribution in [0.25, 0.3) is 0 Å². The van der Waals surface area contributed by atoms with Crippen LogP contribution in [0.3, 0.4) is 0 Å². The Morgan fingerprint density at radius 1 is 0.862 bits per heavy atom. The third-order valence-electron chi connectivity index (χ3n) is 4.34. The lowest BCUT2D eigenvalue weighted by molar-refractivity contribution is 0.322. The Labute approximate surface area is 195 Å². The van der Waals surface area contributed by atoms with Gasteiger partial charge >= 0.3 is 0 Å². The molecule has 0 saturated heterocycles. The number of methoxy groups -OCH3 is 3. The van der Waals surface area contributed by atoms with Crippen molar-refractivity contribution in [3.05, 3.63) is 52.5 Å². The highest BCUT2D eigenvalue weighted by molar-refractivity contribution is 14.0. The average Bonchev–Trinajstić information content (AvgIpc) is 2.73. The molecule has 0 heterocycles. The summed E-state index contributed by atoms with van der Waals surface area (Å²) in [6.45, 7) is 1.43. The molecule has 0 unspecified atom stereocenters. The van der Waals surface area contributed by atoms with Crippen LogP contribution in [0, 0.1) is 0 Å². The maximum atomic E-state index is 6.20. The van der Waals surface area contributed by atoms with Crippen LogP contribution >= 0.6 is 35.6 Å². The Morgan fingerprint density at radius 3 is 2.03 bits per heavy atom. The molecule has 0 aromatic heterocycles. The Kier molecular flexibility index (Phi) is 11.6. The van der Waals surface area contributed by atoms with Gasteiger partial charge in [-0.05, 0) is 30.5 Å². The molecule has 0 aliphatic carbocycles. The van der Waals surface area contributed by atoms with Gasteiger partial charge in [-0.2, -0.15) is 0 Å². The number of hydrogen-bond acceptors (Lipinski definition) is 4. The minimum Gasteiger partial charge on any atom is -0.493 e. The summed E-state index contributed by atoms with van der Waals surface area (Å²) >= 11 is 6.20. The van der Waals surface area contributed by atoms with E-state index in [2.05, 4.69) is 15.6 Å². The van der Waals surface area contributed by atoms with Gasteiger partial charge in [-0.15, -0.1) is 24.0 Å². The molecule has 2 N–H and O–H groups in total. The summed E-state index contributed by atoms with van der Waals surface area (Å²) in [7, 11) is 6.59. The molecule has 6 nitrogen and oxygen atoms in total. The first-order valence-electron chi connectivity index (χ1n) is 9.10. The number of aliphatic imine (C=N–C) groups is 1. The highest BCUT2D eigenvalue weighted by Crippen LogP contribution is 2.39. The van der Waals surface area contributed by atoms with Gasteiger partial charge in [0.15, 0.2) is 17.5 Å². The van der Waals surface area contributed by atoms with E-state index in [0.717, 1.165) is 41.5 Å². The zero-order chi connectivity index (χ0) is 20.4. The maximum Gasteiger partial charge on any atom is 0.203 e. The van der Waals surface area contributed by atoms with Crippen molar-refractivity contribution in [3.63, 3.8) is 0 Å². The number of guanidine groups is 1. The number of hydrogen-bond donors (Lipinski definition) is 2. The lowest BCUT2D eigenvalue weighted by atomic mass is 10.1. The number of benzene rings is 2. The number of nitrogens with zero attached hydrogens (tertiary/aromatic N) is 1. The van der Waals surface area contributed by atoms with Crippen molar-refractivity contribution in [1.82, 2.24) is 10.6 Å². The molecule has 0 bridgehead atoms. The zero-order valence-corrected chi connectivity index (χ0v) is 20.3. The predicted molar refractivity (Wildman–Crippen MR) is 130 cm³/mol. The van der Waals surface area contributed by atoms with Gasteiger partial charge in [0, 0.05) is 30.7 Å². The van der Waals surface area contributed by atoms with E-state index < -0.39 is 0 Å². The van der Waals surface area contributed by atoms with Gasteiger partial charge in [-0.3, -0.25) is 4.99 Å². The van der Waals surface area contributed by atoms with Gasteiger partial charge in [0.25, 0.3) is 0 Å². The van der Waals surface area contributed by atoms with Crippen LogP contribution in [-0.2, 0) is 12.8 Å². The van der Waals surface area contributed by atoms with Crippen molar-refractivity contribution in [2.75, 3.05) is 41.5 Å². The summed E-state index contributed by atoms with van der Waals surface area (Å²) in [5, 5.41) is 7.40. The van der Waals surface area contributed by atoms with E-state index in [1.165, 1.54) is 0 Å². The van der Waals surface area contributed by atoms with Crippen LogP contribution < -0.4 is 24.8 Å². The van der Waals surface area contributed by atoms with E-state index in [-0.39, 0.29) is 24.0 Å². The smallest absolute Gasteiger partial charge is 0.203 e. The molecule has 0 saturated carbocycles. The number of nitrogens with one attached hydrogen (secondary N) is 2. The first-order valence-corrected chi connectivity index (χ1v) is 9.48. The highest BCUT2D eigenvalue weighted by atomic mass is 127. The number of halogens is 2. The lowest BCUT2D eigenvalue weighted by Crippen LogP contribution is -2.39. The van der Waals surface area contributed by atoms with Crippen LogP contribution in [0.5, 0.6) is 17.2 Å². The molecular formula is C21H29ClIN3O3. The standard InChI is InChI=1S/C21H28ClN3O3.HI/c1-23-21(24-13-11-15-7-5-6-8-17(15)22)25-14-12-16-9-10-18(26-2)20(28-4)19(16)27-3;/h5-10H,11-14H2,1-4H3,(H2,23,24,25);1H. The fourth-order valence-electron chi connectivity index (χ4n) is 2.91. The Hall–Kier alpha value is -1.87. The Morgan fingerprint density at radius 2 is 1.48 bits per heavy atom. The molecule has 29 heavy (non-hydrogen) atoms. The second-order valence-corrected chi connectivity index (χ2v) is 6.42. The van der Waals surface area contributed by atoms with Crippen molar-refractivity contribution in [1.29, 1.82) is 0 Å². The molecule has 2 rings (SSSR count). The second-order valence-electron chi connectivity index (χ2n) is 6.01. The van der Waals surface area contributed by atoms with E-state index in [4.69, 9.17) is 25.8 Å². The molecule has 2 aromatic carbocycles. The maximum absolute atomic E-state index is 6.20. The van der Waals surface area contributed by atoms with Crippen molar-refractivity contribution in [2.45, 2.75) is 12.8 Å². The second kappa shape index (κ2) is 13.4. The van der Waals surface area contributed by atoms with Crippen LogP contribution in [0.15, 0.2) is 41.4 Å². The summed E-state index contributed by atoms with van der Waals surface area (Å²) in [6, 6.07) is 11.7. The molecule has 0 amide bonds. The van der Waals surface area contributed by atoms with Gasteiger partial charge in [0.2, 0.25) is 5.75 Å². The monoisotopic (exact) mass is 533 g/mol. The number of rotatable bonds is 9. The third kappa shape index (κ3) is 7.15. The quantitative estimate of drug-likeness (QED) is 0.291. The number of ether oxygens (including phenoxy) is 3. The van der Waals surface area contributed by atoms with Crippen LogP contribution in [0.4, 0.5) is 0 Å². The molecule has 0 aliphatic heterocycles. The van der Waals surface area contributed by atoms with Gasteiger partial charge < -0.3 is 24.8 Å². The fourth-order valence-corrected chi connectivity index (χ4v) is 3.14. The molecule has 0 atom stereocenters. The summed E-state index contributed by atoms with van der Waals surface area (Å²) in [5.41, 5.74) is 2.14. The average molecular weight is 534 g/mol. The van der Waals surface area contributed by atoms with Crippen molar-refractivity contribution < 1.29 is 14.2 Å². The minimum atomic E-state index is 0. The topological polar surface area (TPSA) is 64.1 Å².